The van der Waals surface area contributed by atoms with Gasteiger partial charge < -0.3 is 37.2 Å². The maximum Gasteiger partial charge on any atom is 0.325 e. The molecule has 1 rings (SSSR count). The van der Waals surface area contributed by atoms with Gasteiger partial charge in [0.1, 0.15) is 18.1 Å². The summed E-state index contributed by atoms with van der Waals surface area (Å²) in [7, 11) is 0. The van der Waals surface area contributed by atoms with Gasteiger partial charge in [-0.3, -0.25) is 28.8 Å². The van der Waals surface area contributed by atoms with Crippen LogP contribution >= 0.6 is 0 Å². The fourth-order valence-electron chi connectivity index (χ4n) is 2.77. The Morgan fingerprint density at radius 1 is 1.03 bits per heavy atom. The average molecular weight is 429 g/mol. The first-order valence-electron chi connectivity index (χ1n) is 9.38. The van der Waals surface area contributed by atoms with Gasteiger partial charge in [0.25, 0.3) is 0 Å². The maximum atomic E-state index is 12.6. The number of primary amides is 1. The van der Waals surface area contributed by atoms with Crippen molar-refractivity contribution >= 4 is 35.6 Å². The Hall–Kier alpha value is -3.22. The Bertz CT molecular complexity index is 692. The van der Waals surface area contributed by atoms with Crippen LogP contribution in [0.2, 0.25) is 0 Å². The molecule has 1 heterocycles. The number of rotatable bonds is 12. The number of carbonyl (C=O) groups excluding carboxylic acids is 4. The molecule has 1 saturated heterocycles. The number of carboxylic acid groups (broad SMARTS) is 2. The fourth-order valence-corrected chi connectivity index (χ4v) is 2.77. The van der Waals surface area contributed by atoms with Crippen LogP contribution in [0.15, 0.2) is 0 Å². The third kappa shape index (κ3) is 8.43. The molecule has 0 radical (unpaired) electrons. The van der Waals surface area contributed by atoms with Gasteiger partial charge in [-0.2, -0.15) is 0 Å². The number of hydrogen-bond acceptors (Lipinski definition) is 7. The highest BCUT2D eigenvalue weighted by Gasteiger charge is 2.31. The molecule has 0 bridgehead atoms. The quantitative estimate of drug-likeness (QED) is 0.168. The Balaban J connectivity index is 2.88. The molecule has 4 atom stereocenters. The monoisotopic (exact) mass is 429 g/mol. The van der Waals surface area contributed by atoms with Gasteiger partial charge in [0, 0.05) is 6.42 Å². The zero-order valence-electron chi connectivity index (χ0n) is 16.5. The first-order chi connectivity index (χ1) is 14.0. The molecular formula is C17H27N5O8. The summed E-state index contributed by atoms with van der Waals surface area (Å²) >= 11 is 0. The number of aliphatic carboxylic acids is 2. The van der Waals surface area contributed by atoms with Gasteiger partial charge in [0.2, 0.25) is 23.6 Å². The minimum Gasteiger partial charge on any atom is -0.481 e. The SMILES string of the molecule is CC(NC(=O)C(CC(=O)O)NC(=O)C(CCC(N)=O)NC(=O)C1CCCN1)C(=O)O. The molecule has 30 heavy (non-hydrogen) atoms. The van der Waals surface area contributed by atoms with E-state index in [1.165, 1.54) is 6.92 Å². The molecule has 0 spiro atoms. The van der Waals surface area contributed by atoms with Crippen LogP contribution in [0.4, 0.5) is 0 Å². The Morgan fingerprint density at radius 3 is 2.17 bits per heavy atom. The first-order valence-corrected chi connectivity index (χ1v) is 9.38. The van der Waals surface area contributed by atoms with Crippen molar-refractivity contribution in [3.05, 3.63) is 0 Å². The summed E-state index contributed by atoms with van der Waals surface area (Å²) in [5, 5.41) is 27.6. The molecule has 4 unspecified atom stereocenters. The standard InChI is InChI=1S/C17H27N5O8/c1-8(17(29)30)20-16(28)11(7-13(24)25)22-15(27)10(4-5-12(18)23)21-14(26)9-3-2-6-19-9/h8-11,19H,2-7H2,1H3,(H2,18,23)(H,20,28)(H,21,26)(H,22,27)(H,24,25)(H,29,30). The number of nitrogens with two attached hydrogens (primary N) is 1. The maximum absolute atomic E-state index is 12.6. The number of amides is 4. The van der Waals surface area contributed by atoms with E-state index < -0.39 is 66.2 Å². The summed E-state index contributed by atoms with van der Waals surface area (Å²) in [5.41, 5.74) is 5.10. The lowest BCUT2D eigenvalue weighted by atomic mass is 10.1. The molecular weight excluding hydrogens is 402 g/mol. The Kier molecular flexibility index (Phi) is 9.68. The summed E-state index contributed by atoms with van der Waals surface area (Å²) in [6, 6.07) is -4.66. The largest absolute Gasteiger partial charge is 0.481 e. The molecule has 0 aromatic carbocycles. The number of hydrogen-bond donors (Lipinski definition) is 7. The molecule has 8 N–H and O–H groups in total. The predicted octanol–water partition coefficient (Wildman–Crippen LogP) is -2.96. The van der Waals surface area contributed by atoms with E-state index in [4.69, 9.17) is 15.9 Å². The summed E-state index contributed by atoms with van der Waals surface area (Å²) in [6.45, 7) is 1.81. The molecule has 13 nitrogen and oxygen atoms in total. The minimum atomic E-state index is -1.59. The van der Waals surface area contributed by atoms with E-state index in [0.29, 0.717) is 13.0 Å². The van der Waals surface area contributed by atoms with Crippen LogP contribution in [0.1, 0.15) is 39.0 Å². The van der Waals surface area contributed by atoms with Crippen molar-refractivity contribution in [3.63, 3.8) is 0 Å². The third-order valence-corrected chi connectivity index (χ3v) is 4.43. The summed E-state index contributed by atoms with van der Waals surface area (Å²) in [5.74, 6) is -5.86. The highest BCUT2D eigenvalue weighted by molar-refractivity contribution is 5.95. The second-order valence-corrected chi connectivity index (χ2v) is 6.94. The fraction of sp³-hybridized carbons (Fsp3) is 0.647. The molecule has 13 heteroatoms. The first kappa shape index (κ1) is 24.8. The number of carboxylic acids is 2. The van der Waals surface area contributed by atoms with Gasteiger partial charge >= 0.3 is 11.9 Å². The van der Waals surface area contributed by atoms with Crippen LogP contribution < -0.4 is 27.0 Å². The van der Waals surface area contributed by atoms with Crippen LogP contribution in [-0.2, 0) is 28.8 Å². The minimum absolute atomic E-state index is 0.160. The van der Waals surface area contributed by atoms with E-state index in [0.717, 1.165) is 6.42 Å². The van der Waals surface area contributed by atoms with Crippen LogP contribution in [0, 0.1) is 0 Å². The Morgan fingerprint density at radius 2 is 1.67 bits per heavy atom. The molecule has 0 aromatic rings. The van der Waals surface area contributed by atoms with Crippen molar-refractivity contribution < 1.29 is 39.0 Å². The summed E-state index contributed by atoms with van der Waals surface area (Å²) in [6.07, 6.45) is 0.130. The summed E-state index contributed by atoms with van der Waals surface area (Å²) in [4.78, 5) is 70.2. The van der Waals surface area contributed by atoms with Gasteiger partial charge in [0.15, 0.2) is 0 Å². The highest BCUT2D eigenvalue weighted by atomic mass is 16.4. The smallest absolute Gasteiger partial charge is 0.325 e. The lowest BCUT2D eigenvalue weighted by Crippen LogP contribution is -2.57. The van der Waals surface area contributed by atoms with E-state index in [-0.39, 0.29) is 12.8 Å². The molecule has 1 aliphatic rings. The number of nitrogens with one attached hydrogen (secondary N) is 4. The number of carbonyl (C=O) groups is 6. The van der Waals surface area contributed by atoms with Crippen LogP contribution in [-0.4, -0.2) is 76.5 Å². The molecule has 168 valence electrons. The molecule has 1 aliphatic heterocycles. The highest BCUT2D eigenvalue weighted by Crippen LogP contribution is 2.07. The van der Waals surface area contributed by atoms with Crippen LogP contribution in [0.25, 0.3) is 0 Å². The average Bonchev–Trinajstić information content (AvgIpc) is 3.18. The van der Waals surface area contributed by atoms with E-state index in [9.17, 15) is 28.8 Å². The molecule has 0 aromatic heterocycles. The molecule has 0 saturated carbocycles. The van der Waals surface area contributed by atoms with Gasteiger partial charge in [-0.05, 0) is 32.7 Å². The Labute approximate surface area is 172 Å². The topological polar surface area (TPSA) is 217 Å². The van der Waals surface area contributed by atoms with Gasteiger partial charge in [-0.15, -0.1) is 0 Å². The van der Waals surface area contributed by atoms with Crippen molar-refractivity contribution in [2.45, 2.75) is 63.2 Å². The second-order valence-electron chi connectivity index (χ2n) is 6.94. The van der Waals surface area contributed by atoms with Crippen molar-refractivity contribution in [3.8, 4) is 0 Å². The zero-order chi connectivity index (χ0) is 22.8. The molecule has 4 amide bonds. The predicted molar refractivity (Wildman–Crippen MR) is 101 cm³/mol. The zero-order valence-corrected chi connectivity index (χ0v) is 16.5. The summed E-state index contributed by atoms with van der Waals surface area (Å²) < 4.78 is 0. The molecule has 1 fully saturated rings. The lowest BCUT2D eigenvalue weighted by Gasteiger charge is -2.24. The van der Waals surface area contributed by atoms with Crippen molar-refractivity contribution in [2.75, 3.05) is 6.54 Å². The van der Waals surface area contributed by atoms with Crippen molar-refractivity contribution in [1.29, 1.82) is 0 Å². The van der Waals surface area contributed by atoms with Crippen LogP contribution in [0.5, 0.6) is 0 Å². The van der Waals surface area contributed by atoms with E-state index in [2.05, 4.69) is 21.3 Å². The van der Waals surface area contributed by atoms with Gasteiger partial charge in [-0.25, -0.2) is 0 Å². The molecule has 0 aliphatic carbocycles. The lowest BCUT2D eigenvalue weighted by molar-refractivity contribution is -0.143. The van der Waals surface area contributed by atoms with Crippen molar-refractivity contribution in [1.82, 2.24) is 21.3 Å². The second kappa shape index (κ2) is 11.7. The van der Waals surface area contributed by atoms with E-state index in [1.807, 2.05) is 0 Å². The van der Waals surface area contributed by atoms with Crippen LogP contribution in [0.3, 0.4) is 0 Å². The van der Waals surface area contributed by atoms with Crippen molar-refractivity contribution in [2.24, 2.45) is 5.73 Å². The normalized spacial score (nSPS) is 18.5. The van der Waals surface area contributed by atoms with E-state index >= 15 is 0 Å². The van der Waals surface area contributed by atoms with Gasteiger partial charge in [0.05, 0.1) is 12.5 Å². The van der Waals surface area contributed by atoms with Gasteiger partial charge in [-0.1, -0.05) is 0 Å². The third-order valence-electron chi connectivity index (χ3n) is 4.43. The van der Waals surface area contributed by atoms with E-state index in [1.54, 1.807) is 0 Å².